The van der Waals surface area contributed by atoms with Crippen LogP contribution in [0, 0.1) is 5.92 Å². The standard InChI is InChI=1S/C13H24N4/c1-4-17-12(5-7-15-17)13-11(9-14)6-8-16(13)10(2)3/h5,7,10-11,13H,4,6,8-9,14H2,1-3H3. The van der Waals surface area contributed by atoms with E-state index < -0.39 is 0 Å². The minimum Gasteiger partial charge on any atom is -0.330 e. The maximum atomic E-state index is 5.93. The number of nitrogens with zero attached hydrogens (tertiary/aromatic N) is 3. The second kappa shape index (κ2) is 5.19. The molecule has 1 aliphatic rings. The lowest BCUT2D eigenvalue weighted by Crippen LogP contribution is -2.34. The molecule has 1 fully saturated rings. The summed E-state index contributed by atoms with van der Waals surface area (Å²) in [6.07, 6.45) is 3.11. The van der Waals surface area contributed by atoms with Crippen molar-refractivity contribution < 1.29 is 0 Å². The highest BCUT2D eigenvalue weighted by Crippen LogP contribution is 2.37. The van der Waals surface area contributed by atoms with Gasteiger partial charge in [-0.3, -0.25) is 9.58 Å². The molecule has 1 aromatic rings. The highest BCUT2D eigenvalue weighted by molar-refractivity contribution is 5.12. The first-order chi connectivity index (χ1) is 8.19. The largest absolute Gasteiger partial charge is 0.330 e. The van der Waals surface area contributed by atoms with Crippen molar-refractivity contribution in [2.24, 2.45) is 11.7 Å². The fourth-order valence-corrected chi connectivity index (χ4v) is 2.98. The lowest BCUT2D eigenvalue weighted by atomic mass is 9.97. The minimum atomic E-state index is 0.447. The van der Waals surface area contributed by atoms with Crippen molar-refractivity contribution in [2.75, 3.05) is 13.1 Å². The van der Waals surface area contributed by atoms with E-state index in [9.17, 15) is 0 Å². The summed E-state index contributed by atoms with van der Waals surface area (Å²) in [5.41, 5.74) is 7.26. The predicted octanol–water partition coefficient (Wildman–Crippen LogP) is 1.63. The summed E-state index contributed by atoms with van der Waals surface area (Å²) in [6.45, 7) is 9.52. The highest BCUT2D eigenvalue weighted by Gasteiger charge is 2.37. The summed E-state index contributed by atoms with van der Waals surface area (Å²) in [4.78, 5) is 2.56. The van der Waals surface area contributed by atoms with Crippen LogP contribution in [0.25, 0.3) is 0 Å². The molecular weight excluding hydrogens is 212 g/mol. The van der Waals surface area contributed by atoms with Gasteiger partial charge in [0.25, 0.3) is 0 Å². The Hall–Kier alpha value is -0.870. The van der Waals surface area contributed by atoms with Gasteiger partial charge in [0.15, 0.2) is 0 Å². The minimum absolute atomic E-state index is 0.447. The Morgan fingerprint density at radius 3 is 2.88 bits per heavy atom. The summed E-state index contributed by atoms with van der Waals surface area (Å²) in [5, 5.41) is 4.39. The van der Waals surface area contributed by atoms with Gasteiger partial charge in [0, 0.05) is 18.8 Å². The Morgan fingerprint density at radius 2 is 2.29 bits per heavy atom. The van der Waals surface area contributed by atoms with E-state index >= 15 is 0 Å². The van der Waals surface area contributed by atoms with E-state index in [1.165, 1.54) is 12.1 Å². The smallest absolute Gasteiger partial charge is 0.0560 e. The lowest BCUT2D eigenvalue weighted by Gasteiger charge is -2.31. The lowest BCUT2D eigenvalue weighted by molar-refractivity contribution is 0.176. The van der Waals surface area contributed by atoms with Crippen molar-refractivity contribution in [3.63, 3.8) is 0 Å². The molecule has 2 rings (SSSR count). The number of hydrogen-bond donors (Lipinski definition) is 1. The molecule has 0 spiro atoms. The molecule has 17 heavy (non-hydrogen) atoms. The maximum absolute atomic E-state index is 5.93. The molecule has 2 unspecified atom stereocenters. The van der Waals surface area contributed by atoms with Crippen molar-refractivity contribution in [1.82, 2.24) is 14.7 Å². The van der Waals surface area contributed by atoms with E-state index in [4.69, 9.17) is 5.73 Å². The van der Waals surface area contributed by atoms with Crippen molar-refractivity contribution in [2.45, 2.75) is 45.8 Å². The third-order valence-corrected chi connectivity index (χ3v) is 3.88. The highest BCUT2D eigenvalue weighted by atomic mass is 15.3. The fourth-order valence-electron chi connectivity index (χ4n) is 2.98. The second-order valence-corrected chi connectivity index (χ2v) is 5.13. The van der Waals surface area contributed by atoms with Crippen LogP contribution in [-0.2, 0) is 6.54 Å². The van der Waals surface area contributed by atoms with Gasteiger partial charge >= 0.3 is 0 Å². The molecule has 2 heterocycles. The number of nitrogens with two attached hydrogens (primary N) is 1. The van der Waals surface area contributed by atoms with Crippen molar-refractivity contribution in [1.29, 1.82) is 0 Å². The van der Waals surface area contributed by atoms with Gasteiger partial charge in [-0.05, 0) is 52.3 Å². The second-order valence-electron chi connectivity index (χ2n) is 5.13. The van der Waals surface area contributed by atoms with Crippen molar-refractivity contribution in [3.05, 3.63) is 18.0 Å². The van der Waals surface area contributed by atoms with Crippen LogP contribution in [0.4, 0.5) is 0 Å². The normalized spacial score (nSPS) is 25.9. The molecule has 1 aromatic heterocycles. The van der Waals surface area contributed by atoms with Gasteiger partial charge in [-0.1, -0.05) is 0 Å². The zero-order chi connectivity index (χ0) is 12.4. The van der Waals surface area contributed by atoms with Crippen molar-refractivity contribution >= 4 is 0 Å². The van der Waals surface area contributed by atoms with Gasteiger partial charge in [-0.2, -0.15) is 5.10 Å². The summed E-state index contributed by atoms with van der Waals surface area (Å²) >= 11 is 0. The zero-order valence-corrected chi connectivity index (χ0v) is 11.1. The van der Waals surface area contributed by atoms with E-state index in [1.807, 2.05) is 6.20 Å². The molecule has 0 aliphatic carbocycles. The van der Waals surface area contributed by atoms with Crippen LogP contribution in [0.3, 0.4) is 0 Å². The first kappa shape index (κ1) is 12.6. The Balaban J connectivity index is 2.31. The summed E-state index contributed by atoms with van der Waals surface area (Å²) in [5.74, 6) is 0.569. The molecule has 0 bridgehead atoms. The van der Waals surface area contributed by atoms with Crippen LogP contribution < -0.4 is 5.73 Å². The Morgan fingerprint density at radius 1 is 1.53 bits per heavy atom. The Labute approximate surface area is 104 Å². The number of rotatable bonds is 4. The number of aryl methyl sites for hydroxylation is 1. The Bertz CT molecular complexity index is 358. The Kier molecular flexibility index (Phi) is 3.84. The van der Waals surface area contributed by atoms with E-state index in [0.29, 0.717) is 18.0 Å². The molecule has 1 aliphatic heterocycles. The monoisotopic (exact) mass is 236 g/mol. The molecule has 0 saturated carbocycles. The van der Waals surface area contributed by atoms with Gasteiger partial charge in [-0.15, -0.1) is 0 Å². The third-order valence-electron chi connectivity index (χ3n) is 3.88. The SMILES string of the molecule is CCn1nccc1C1C(CN)CCN1C(C)C. The van der Waals surface area contributed by atoms with E-state index in [0.717, 1.165) is 19.6 Å². The predicted molar refractivity (Wildman–Crippen MR) is 69.6 cm³/mol. The first-order valence-electron chi connectivity index (χ1n) is 6.66. The van der Waals surface area contributed by atoms with Gasteiger partial charge in [-0.25, -0.2) is 0 Å². The average molecular weight is 236 g/mol. The molecule has 0 radical (unpaired) electrons. The van der Waals surface area contributed by atoms with Gasteiger partial charge in [0.05, 0.1) is 11.7 Å². The van der Waals surface area contributed by atoms with Gasteiger partial charge < -0.3 is 5.73 Å². The molecule has 96 valence electrons. The van der Waals surface area contributed by atoms with Crippen LogP contribution in [0.1, 0.15) is 38.9 Å². The molecule has 4 nitrogen and oxygen atoms in total. The average Bonchev–Trinajstić information content (AvgIpc) is 2.93. The van der Waals surface area contributed by atoms with Crippen LogP contribution in [0.15, 0.2) is 12.3 Å². The fraction of sp³-hybridized carbons (Fsp3) is 0.769. The third kappa shape index (κ3) is 2.24. The molecule has 1 saturated heterocycles. The zero-order valence-electron chi connectivity index (χ0n) is 11.1. The van der Waals surface area contributed by atoms with Crippen LogP contribution in [-0.4, -0.2) is 33.8 Å². The quantitative estimate of drug-likeness (QED) is 0.864. The van der Waals surface area contributed by atoms with E-state index in [2.05, 4.69) is 41.5 Å². The van der Waals surface area contributed by atoms with Crippen LogP contribution >= 0.6 is 0 Å². The van der Waals surface area contributed by atoms with E-state index in [1.54, 1.807) is 0 Å². The molecule has 0 amide bonds. The molecule has 4 heteroatoms. The van der Waals surface area contributed by atoms with E-state index in [-0.39, 0.29) is 0 Å². The molecular formula is C13H24N4. The number of aromatic nitrogens is 2. The van der Waals surface area contributed by atoms with Gasteiger partial charge in [0.1, 0.15) is 0 Å². The van der Waals surface area contributed by atoms with Crippen LogP contribution in [0.2, 0.25) is 0 Å². The first-order valence-corrected chi connectivity index (χ1v) is 6.66. The summed E-state index contributed by atoms with van der Waals surface area (Å²) < 4.78 is 2.11. The number of likely N-dealkylation sites (tertiary alicyclic amines) is 1. The summed E-state index contributed by atoms with van der Waals surface area (Å²) in [6, 6.07) is 3.16. The van der Waals surface area contributed by atoms with Gasteiger partial charge in [0.2, 0.25) is 0 Å². The maximum Gasteiger partial charge on any atom is 0.0560 e. The number of hydrogen-bond acceptors (Lipinski definition) is 3. The van der Waals surface area contributed by atoms with Crippen molar-refractivity contribution in [3.8, 4) is 0 Å². The topological polar surface area (TPSA) is 47.1 Å². The molecule has 0 aromatic carbocycles. The molecule has 2 N–H and O–H groups in total. The molecule has 2 atom stereocenters. The summed E-state index contributed by atoms with van der Waals surface area (Å²) in [7, 11) is 0. The van der Waals surface area contributed by atoms with Crippen LogP contribution in [0.5, 0.6) is 0 Å².